The van der Waals surface area contributed by atoms with Crippen LogP contribution in [0.5, 0.6) is 0 Å². The monoisotopic (exact) mass is 373 g/mol. The lowest BCUT2D eigenvalue weighted by molar-refractivity contribution is 0.0417. The number of aliphatic hydroxyl groups is 1. The van der Waals surface area contributed by atoms with Gasteiger partial charge in [-0.1, -0.05) is 42.5 Å². The maximum absolute atomic E-state index is 13.1. The van der Waals surface area contributed by atoms with Crippen molar-refractivity contribution in [3.05, 3.63) is 83.3 Å². The first-order valence-corrected chi connectivity index (χ1v) is 9.44. The third-order valence-corrected chi connectivity index (χ3v) is 5.30. The SMILES string of the molecule is Cc1cnc(C)c(-c2cccc(C(=O)N3CCC(O)(c4ccccc4)C3)c2)n1. The highest BCUT2D eigenvalue weighted by Gasteiger charge is 2.39. The summed E-state index contributed by atoms with van der Waals surface area (Å²) in [6.45, 7) is 4.64. The average molecular weight is 373 g/mol. The summed E-state index contributed by atoms with van der Waals surface area (Å²) in [4.78, 5) is 23.7. The lowest BCUT2D eigenvalue weighted by Gasteiger charge is -2.24. The standard InChI is InChI=1S/C23H23N3O2/c1-16-14-24-17(2)21(25-16)18-7-6-8-19(13-18)22(27)26-12-11-23(28,15-26)20-9-4-3-5-10-20/h3-10,13-14,28H,11-12,15H2,1-2H3. The van der Waals surface area contributed by atoms with E-state index in [4.69, 9.17) is 0 Å². The molecule has 1 atom stereocenters. The third-order valence-electron chi connectivity index (χ3n) is 5.30. The van der Waals surface area contributed by atoms with Gasteiger partial charge in [0.05, 0.1) is 23.6 Å². The van der Waals surface area contributed by atoms with Gasteiger partial charge in [-0.15, -0.1) is 0 Å². The Morgan fingerprint density at radius 2 is 1.89 bits per heavy atom. The van der Waals surface area contributed by atoms with Gasteiger partial charge in [0.25, 0.3) is 5.91 Å². The van der Waals surface area contributed by atoms with Crippen molar-refractivity contribution in [2.45, 2.75) is 25.9 Å². The number of aromatic nitrogens is 2. The fourth-order valence-electron chi connectivity index (χ4n) is 3.74. The average Bonchev–Trinajstić information content (AvgIpc) is 3.13. The Morgan fingerprint density at radius 1 is 1.11 bits per heavy atom. The molecule has 0 aliphatic carbocycles. The van der Waals surface area contributed by atoms with Crippen LogP contribution >= 0.6 is 0 Å². The summed E-state index contributed by atoms with van der Waals surface area (Å²) in [6.07, 6.45) is 2.27. The number of benzene rings is 2. The molecule has 3 aromatic rings. The first kappa shape index (κ1) is 18.3. The fraction of sp³-hybridized carbons (Fsp3) is 0.261. The minimum absolute atomic E-state index is 0.0769. The number of rotatable bonds is 3. The molecule has 0 bridgehead atoms. The molecule has 5 heteroatoms. The van der Waals surface area contributed by atoms with Crippen molar-refractivity contribution in [2.75, 3.05) is 13.1 Å². The lowest BCUT2D eigenvalue weighted by Crippen LogP contribution is -2.34. The number of nitrogens with zero attached hydrogens (tertiary/aromatic N) is 3. The summed E-state index contributed by atoms with van der Waals surface area (Å²) in [5.74, 6) is -0.0769. The van der Waals surface area contributed by atoms with Gasteiger partial charge in [-0.05, 0) is 38.0 Å². The van der Waals surface area contributed by atoms with Crippen LogP contribution in [-0.4, -0.2) is 39.0 Å². The highest BCUT2D eigenvalue weighted by molar-refractivity contribution is 5.95. The minimum Gasteiger partial charge on any atom is -0.383 e. The van der Waals surface area contributed by atoms with Gasteiger partial charge in [0.15, 0.2) is 0 Å². The van der Waals surface area contributed by atoms with E-state index in [-0.39, 0.29) is 5.91 Å². The largest absolute Gasteiger partial charge is 0.383 e. The van der Waals surface area contributed by atoms with E-state index in [9.17, 15) is 9.90 Å². The molecular weight excluding hydrogens is 350 g/mol. The Labute approximate surface area is 164 Å². The lowest BCUT2D eigenvalue weighted by atomic mass is 9.93. The van der Waals surface area contributed by atoms with E-state index < -0.39 is 5.60 Å². The summed E-state index contributed by atoms with van der Waals surface area (Å²) in [6, 6.07) is 17.0. The number of hydrogen-bond donors (Lipinski definition) is 1. The minimum atomic E-state index is -0.993. The van der Waals surface area contributed by atoms with Crippen molar-refractivity contribution < 1.29 is 9.90 Å². The molecule has 1 aliphatic heterocycles. The molecule has 1 N–H and O–H groups in total. The summed E-state index contributed by atoms with van der Waals surface area (Å²) < 4.78 is 0. The predicted octanol–water partition coefficient (Wildman–Crippen LogP) is 3.49. The number of β-amino-alcohol motifs (C(OH)–C–C–N with tert-alkyl or cyclic N) is 1. The highest BCUT2D eigenvalue weighted by atomic mass is 16.3. The van der Waals surface area contributed by atoms with Gasteiger partial charge in [0.2, 0.25) is 0 Å². The van der Waals surface area contributed by atoms with Gasteiger partial charge in [-0.3, -0.25) is 9.78 Å². The van der Waals surface area contributed by atoms with E-state index in [1.54, 1.807) is 11.1 Å². The van der Waals surface area contributed by atoms with Crippen LogP contribution in [0.15, 0.2) is 60.8 Å². The topological polar surface area (TPSA) is 66.3 Å². The Kier molecular flexibility index (Phi) is 4.69. The van der Waals surface area contributed by atoms with Crippen molar-refractivity contribution in [2.24, 2.45) is 0 Å². The van der Waals surface area contributed by atoms with Crippen LogP contribution in [0.1, 0.15) is 33.7 Å². The number of carbonyl (C=O) groups excluding carboxylic acids is 1. The molecule has 4 rings (SSSR count). The molecule has 1 aromatic heterocycles. The van der Waals surface area contributed by atoms with E-state index >= 15 is 0 Å². The van der Waals surface area contributed by atoms with Crippen molar-refractivity contribution in [3.63, 3.8) is 0 Å². The molecule has 28 heavy (non-hydrogen) atoms. The molecule has 1 saturated heterocycles. The van der Waals surface area contributed by atoms with Crippen molar-refractivity contribution in [3.8, 4) is 11.3 Å². The van der Waals surface area contributed by atoms with Crippen LogP contribution < -0.4 is 0 Å². The number of carbonyl (C=O) groups is 1. The van der Waals surface area contributed by atoms with Crippen LogP contribution in [0, 0.1) is 13.8 Å². The molecule has 2 aromatic carbocycles. The first-order valence-electron chi connectivity index (χ1n) is 9.44. The quantitative estimate of drug-likeness (QED) is 0.763. The van der Waals surface area contributed by atoms with E-state index in [0.29, 0.717) is 25.1 Å². The van der Waals surface area contributed by atoms with Gasteiger partial charge in [-0.25, -0.2) is 4.98 Å². The highest BCUT2D eigenvalue weighted by Crippen LogP contribution is 2.33. The van der Waals surface area contributed by atoms with E-state index in [0.717, 1.165) is 28.2 Å². The molecular formula is C23H23N3O2. The Balaban J connectivity index is 1.59. The molecule has 2 heterocycles. The maximum Gasteiger partial charge on any atom is 0.253 e. The molecule has 1 unspecified atom stereocenters. The van der Waals surface area contributed by atoms with Crippen LogP contribution in [-0.2, 0) is 5.60 Å². The fourth-order valence-corrected chi connectivity index (χ4v) is 3.74. The van der Waals surface area contributed by atoms with Crippen molar-refractivity contribution >= 4 is 5.91 Å². The van der Waals surface area contributed by atoms with Crippen LogP contribution in [0.4, 0.5) is 0 Å². The van der Waals surface area contributed by atoms with Gasteiger partial charge in [0, 0.05) is 23.9 Å². The second-order valence-corrected chi connectivity index (χ2v) is 7.40. The second-order valence-electron chi connectivity index (χ2n) is 7.40. The zero-order valence-corrected chi connectivity index (χ0v) is 16.1. The molecule has 1 amide bonds. The molecule has 142 valence electrons. The first-order chi connectivity index (χ1) is 13.5. The summed E-state index contributed by atoms with van der Waals surface area (Å²) >= 11 is 0. The Bertz CT molecular complexity index is 1020. The normalized spacial score (nSPS) is 19.0. The zero-order chi connectivity index (χ0) is 19.7. The Hall–Kier alpha value is -3.05. The van der Waals surface area contributed by atoms with Crippen molar-refractivity contribution in [1.82, 2.24) is 14.9 Å². The zero-order valence-electron chi connectivity index (χ0n) is 16.1. The maximum atomic E-state index is 13.1. The third kappa shape index (κ3) is 3.41. The molecule has 0 saturated carbocycles. The van der Waals surface area contributed by atoms with Crippen LogP contribution in [0.25, 0.3) is 11.3 Å². The van der Waals surface area contributed by atoms with Gasteiger partial charge >= 0.3 is 0 Å². The van der Waals surface area contributed by atoms with Gasteiger partial charge in [-0.2, -0.15) is 0 Å². The second kappa shape index (κ2) is 7.17. The number of hydrogen-bond acceptors (Lipinski definition) is 4. The molecule has 1 fully saturated rings. The summed E-state index contributed by atoms with van der Waals surface area (Å²) in [5.41, 5.74) is 3.78. The predicted molar refractivity (Wildman–Crippen MR) is 108 cm³/mol. The molecule has 0 radical (unpaired) electrons. The number of amides is 1. The summed E-state index contributed by atoms with van der Waals surface area (Å²) in [7, 11) is 0. The Morgan fingerprint density at radius 3 is 2.68 bits per heavy atom. The smallest absolute Gasteiger partial charge is 0.253 e. The molecule has 1 aliphatic rings. The van der Waals surface area contributed by atoms with Crippen LogP contribution in [0.2, 0.25) is 0 Å². The van der Waals surface area contributed by atoms with Crippen LogP contribution in [0.3, 0.4) is 0 Å². The van der Waals surface area contributed by atoms with E-state index in [1.165, 1.54) is 0 Å². The van der Waals surface area contributed by atoms with Crippen molar-refractivity contribution in [1.29, 1.82) is 0 Å². The summed E-state index contributed by atoms with van der Waals surface area (Å²) in [5, 5.41) is 11.0. The number of aryl methyl sites for hydroxylation is 2. The van der Waals surface area contributed by atoms with Gasteiger partial charge in [0.1, 0.15) is 5.60 Å². The van der Waals surface area contributed by atoms with Gasteiger partial charge < -0.3 is 10.0 Å². The van der Waals surface area contributed by atoms with E-state index in [2.05, 4.69) is 9.97 Å². The molecule has 0 spiro atoms. The number of likely N-dealkylation sites (tertiary alicyclic amines) is 1. The molecule has 5 nitrogen and oxygen atoms in total. The van der Waals surface area contributed by atoms with E-state index in [1.807, 2.05) is 68.4 Å².